The highest BCUT2D eigenvalue weighted by Gasteiger charge is 2.09. The van der Waals surface area contributed by atoms with E-state index in [-0.39, 0.29) is 5.91 Å². The molecular formula is C15H19N3O2. The summed E-state index contributed by atoms with van der Waals surface area (Å²) >= 11 is 0. The van der Waals surface area contributed by atoms with Gasteiger partial charge in [-0.15, -0.1) is 0 Å². The van der Waals surface area contributed by atoms with Crippen LogP contribution in [-0.4, -0.2) is 17.9 Å². The normalized spacial score (nSPS) is 10.3. The van der Waals surface area contributed by atoms with Crippen molar-refractivity contribution in [3.05, 3.63) is 47.5 Å². The second kappa shape index (κ2) is 6.75. The van der Waals surface area contributed by atoms with Gasteiger partial charge in [0.15, 0.2) is 0 Å². The fourth-order valence-electron chi connectivity index (χ4n) is 1.91. The molecule has 0 spiro atoms. The van der Waals surface area contributed by atoms with Crippen molar-refractivity contribution >= 4 is 11.7 Å². The van der Waals surface area contributed by atoms with Crippen LogP contribution in [0, 0.1) is 0 Å². The van der Waals surface area contributed by atoms with E-state index in [2.05, 4.69) is 22.5 Å². The number of nitrogens with one attached hydrogen (secondary N) is 2. The Balaban J connectivity index is 2.09. The van der Waals surface area contributed by atoms with Crippen molar-refractivity contribution in [2.24, 2.45) is 0 Å². The van der Waals surface area contributed by atoms with Gasteiger partial charge in [-0.25, -0.2) is 4.98 Å². The van der Waals surface area contributed by atoms with E-state index in [0.29, 0.717) is 17.9 Å². The molecule has 0 aliphatic heterocycles. The largest absolute Gasteiger partial charge is 0.472 e. The first kappa shape index (κ1) is 14.1. The molecule has 1 amide bonds. The van der Waals surface area contributed by atoms with E-state index in [4.69, 9.17) is 4.42 Å². The van der Waals surface area contributed by atoms with Gasteiger partial charge < -0.3 is 15.1 Å². The van der Waals surface area contributed by atoms with E-state index >= 15 is 0 Å². The molecule has 106 valence electrons. The van der Waals surface area contributed by atoms with Gasteiger partial charge in [0.1, 0.15) is 5.82 Å². The summed E-state index contributed by atoms with van der Waals surface area (Å²) < 4.78 is 4.97. The number of hydrogen-bond donors (Lipinski definition) is 2. The van der Waals surface area contributed by atoms with Crippen LogP contribution >= 0.6 is 0 Å². The molecular weight excluding hydrogens is 254 g/mol. The molecule has 0 aromatic carbocycles. The van der Waals surface area contributed by atoms with Gasteiger partial charge >= 0.3 is 0 Å². The third kappa shape index (κ3) is 3.60. The first-order valence-corrected chi connectivity index (χ1v) is 6.71. The molecule has 0 aliphatic rings. The van der Waals surface area contributed by atoms with E-state index in [1.165, 1.54) is 0 Å². The topological polar surface area (TPSA) is 67.2 Å². The zero-order valence-corrected chi connectivity index (χ0v) is 11.8. The fourth-order valence-corrected chi connectivity index (χ4v) is 1.91. The van der Waals surface area contributed by atoms with Crippen LogP contribution in [0.2, 0.25) is 0 Å². The van der Waals surface area contributed by atoms with Gasteiger partial charge in [0.2, 0.25) is 0 Å². The standard InChI is InChI=1S/C15H19N3O2/c1-3-4-13-7-12(8-14(16-2)18-13)15(19)17-9-11-5-6-20-10-11/h5-8,10H,3-4,9H2,1-2H3,(H,16,18)(H,17,19). The van der Waals surface area contributed by atoms with Crippen LogP contribution in [0.5, 0.6) is 0 Å². The molecule has 0 atom stereocenters. The number of carbonyl (C=O) groups excluding carboxylic acids is 1. The minimum Gasteiger partial charge on any atom is -0.472 e. The minimum absolute atomic E-state index is 0.109. The Morgan fingerprint density at radius 1 is 1.40 bits per heavy atom. The molecule has 2 N–H and O–H groups in total. The van der Waals surface area contributed by atoms with Crippen LogP contribution in [-0.2, 0) is 13.0 Å². The van der Waals surface area contributed by atoms with E-state index < -0.39 is 0 Å². The van der Waals surface area contributed by atoms with Crippen LogP contribution in [0.4, 0.5) is 5.82 Å². The summed E-state index contributed by atoms with van der Waals surface area (Å²) in [7, 11) is 1.80. The molecule has 0 fully saturated rings. The van der Waals surface area contributed by atoms with E-state index in [1.54, 1.807) is 25.6 Å². The lowest BCUT2D eigenvalue weighted by Crippen LogP contribution is -2.23. The summed E-state index contributed by atoms with van der Waals surface area (Å²) in [6.07, 6.45) is 5.06. The first-order valence-electron chi connectivity index (χ1n) is 6.71. The monoisotopic (exact) mass is 273 g/mol. The zero-order chi connectivity index (χ0) is 14.4. The van der Waals surface area contributed by atoms with Gasteiger partial charge in [-0.05, 0) is 24.6 Å². The molecule has 0 bridgehead atoms. The second-order valence-electron chi connectivity index (χ2n) is 4.55. The van der Waals surface area contributed by atoms with Crippen molar-refractivity contribution in [3.8, 4) is 0 Å². The number of anilines is 1. The molecule has 0 radical (unpaired) electrons. The summed E-state index contributed by atoms with van der Waals surface area (Å²) in [4.78, 5) is 16.6. The molecule has 2 heterocycles. The number of rotatable bonds is 6. The number of amides is 1. The summed E-state index contributed by atoms with van der Waals surface area (Å²) in [5.74, 6) is 0.604. The van der Waals surface area contributed by atoms with E-state index in [9.17, 15) is 4.79 Å². The molecule has 5 heteroatoms. The van der Waals surface area contributed by atoms with Gasteiger partial charge in [-0.3, -0.25) is 4.79 Å². The molecule has 2 aromatic rings. The Hall–Kier alpha value is -2.30. The van der Waals surface area contributed by atoms with Crippen molar-refractivity contribution in [3.63, 3.8) is 0 Å². The Bertz CT molecular complexity index is 565. The molecule has 2 rings (SSSR count). The highest BCUT2D eigenvalue weighted by atomic mass is 16.3. The molecule has 0 aliphatic carbocycles. The Labute approximate surface area is 118 Å². The summed E-state index contributed by atoms with van der Waals surface area (Å²) in [6.45, 7) is 2.54. The highest BCUT2D eigenvalue weighted by molar-refractivity contribution is 5.94. The first-order chi connectivity index (χ1) is 9.72. The average molecular weight is 273 g/mol. The number of pyridine rings is 1. The lowest BCUT2D eigenvalue weighted by atomic mass is 10.1. The van der Waals surface area contributed by atoms with Gasteiger partial charge in [-0.2, -0.15) is 0 Å². The van der Waals surface area contributed by atoms with Crippen molar-refractivity contribution in [1.82, 2.24) is 10.3 Å². The van der Waals surface area contributed by atoms with Crippen LogP contribution in [0.25, 0.3) is 0 Å². The maximum absolute atomic E-state index is 12.2. The van der Waals surface area contributed by atoms with Crippen LogP contribution in [0.15, 0.2) is 35.1 Å². The fraction of sp³-hybridized carbons (Fsp3) is 0.333. The predicted molar refractivity (Wildman–Crippen MR) is 77.7 cm³/mol. The second-order valence-corrected chi connectivity index (χ2v) is 4.55. The highest BCUT2D eigenvalue weighted by Crippen LogP contribution is 2.12. The molecule has 0 saturated heterocycles. The van der Waals surface area contributed by atoms with E-state index in [0.717, 1.165) is 24.1 Å². The van der Waals surface area contributed by atoms with Gasteiger partial charge in [0.05, 0.1) is 12.5 Å². The number of nitrogens with zero attached hydrogens (tertiary/aromatic N) is 1. The Morgan fingerprint density at radius 2 is 2.25 bits per heavy atom. The smallest absolute Gasteiger partial charge is 0.251 e. The van der Waals surface area contributed by atoms with Crippen LogP contribution < -0.4 is 10.6 Å². The summed E-state index contributed by atoms with van der Waals surface area (Å²) in [6, 6.07) is 5.42. The Morgan fingerprint density at radius 3 is 2.90 bits per heavy atom. The van der Waals surface area contributed by atoms with Crippen LogP contribution in [0.3, 0.4) is 0 Å². The van der Waals surface area contributed by atoms with Gasteiger partial charge in [0.25, 0.3) is 5.91 Å². The third-order valence-electron chi connectivity index (χ3n) is 2.94. The lowest BCUT2D eigenvalue weighted by Gasteiger charge is -2.08. The Kier molecular flexibility index (Phi) is 4.76. The van der Waals surface area contributed by atoms with Crippen molar-refractivity contribution < 1.29 is 9.21 Å². The maximum atomic E-state index is 12.2. The van der Waals surface area contributed by atoms with Gasteiger partial charge in [0, 0.05) is 30.4 Å². The number of carbonyl (C=O) groups is 1. The lowest BCUT2D eigenvalue weighted by molar-refractivity contribution is 0.0950. The van der Waals surface area contributed by atoms with Crippen molar-refractivity contribution in [2.75, 3.05) is 12.4 Å². The van der Waals surface area contributed by atoms with E-state index in [1.807, 2.05) is 12.1 Å². The summed E-state index contributed by atoms with van der Waals surface area (Å²) in [5, 5.41) is 5.85. The molecule has 0 saturated carbocycles. The SMILES string of the molecule is CCCc1cc(C(=O)NCc2ccoc2)cc(NC)n1. The average Bonchev–Trinajstić information content (AvgIpc) is 2.98. The third-order valence-corrected chi connectivity index (χ3v) is 2.94. The molecule has 2 aromatic heterocycles. The van der Waals surface area contributed by atoms with Crippen LogP contribution in [0.1, 0.15) is 35.0 Å². The van der Waals surface area contributed by atoms with Crippen molar-refractivity contribution in [2.45, 2.75) is 26.3 Å². The number of aryl methyl sites for hydroxylation is 1. The predicted octanol–water partition coefficient (Wildman–Crippen LogP) is 2.60. The summed E-state index contributed by atoms with van der Waals surface area (Å²) in [5.41, 5.74) is 2.49. The molecule has 0 unspecified atom stereocenters. The maximum Gasteiger partial charge on any atom is 0.251 e. The number of furan rings is 1. The molecule has 5 nitrogen and oxygen atoms in total. The zero-order valence-electron chi connectivity index (χ0n) is 11.8. The number of aromatic nitrogens is 1. The van der Waals surface area contributed by atoms with Crippen molar-refractivity contribution in [1.29, 1.82) is 0 Å². The van der Waals surface area contributed by atoms with Gasteiger partial charge in [-0.1, -0.05) is 13.3 Å². The quantitative estimate of drug-likeness (QED) is 0.849. The molecule has 20 heavy (non-hydrogen) atoms. The number of hydrogen-bond acceptors (Lipinski definition) is 4. The minimum atomic E-state index is -0.109.